The van der Waals surface area contributed by atoms with Crippen LogP contribution in [0.3, 0.4) is 0 Å². The first kappa shape index (κ1) is 13.8. The average Bonchev–Trinajstić information content (AvgIpc) is 2.74. The maximum absolute atomic E-state index is 11.6. The summed E-state index contributed by atoms with van der Waals surface area (Å²) in [7, 11) is 1.86. The molecule has 1 aliphatic heterocycles. The molecule has 4 heteroatoms. The lowest BCUT2D eigenvalue weighted by Gasteiger charge is -2.32. The van der Waals surface area contributed by atoms with E-state index in [0.29, 0.717) is 6.04 Å². The Morgan fingerprint density at radius 2 is 1.83 bits per heavy atom. The van der Waals surface area contributed by atoms with Gasteiger partial charge < -0.3 is 16.0 Å². The molecular formula is C14H27N3O. The van der Waals surface area contributed by atoms with Gasteiger partial charge in [0.25, 0.3) is 0 Å². The van der Waals surface area contributed by atoms with Crippen LogP contribution in [0.1, 0.15) is 51.4 Å². The van der Waals surface area contributed by atoms with Crippen LogP contribution in [0.15, 0.2) is 0 Å². The Kier molecular flexibility index (Phi) is 4.62. The third kappa shape index (κ3) is 2.86. The Hall–Kier alpha value is -0.610. The zero-order valence-electron chi connectivity index (χ0n) is 11.6. The van der Waals surface area contributed by atoms with Crippen LogP contribution in [-0.2, 0) is 4.79 Å². The van der Waals surface area contributed by atoms with Crippen LogP contribution in [-0.4, -0.2) is 42.5 Å². The summed E-state index contributed by atoms with van der Waals surface area (Å²) in [5.41, 5.74) is 5.12. The number of nitrogens with zero attached hydrogens (tertiary/aromatic N) is 1. The molecule has 1 aliphatic carbocycles. The van der Waals surface area contributed by atoms with E-state index in [4.69, 9.17) is 5.73 Å². The maximum Gasteiger partial charge on any atom is 0.237 e. The van der Waals surface area contributed by atoms with Crippen molar-refractivity contribution < 1.29 is 4.79 Å². The van der Waals surface area contributed by atoms with Gasteiger partial charge in [-0.1, -0.05) is 19.3 Å². The Labute approximate surface area is 110 Å². The number of nitrogens with two attached hydrogens (primary N) is 1. The summed E-state index contributed by atoms with van der Waals surface area (Å²) in [6.45, 7) is 2.40. The normalized spacial score (nSPS) is 35.1. The van der Waals surface area contributed by atoms with Gasteiger partial charge in [-0.3, -0.25) is 4.79 Å². The number of amides is 1. The van der Waals surface area contributed by atoms with E-state index in [2.05, 4.69) is 10.2 Å². The molecule has 2 rings (SSSR count). The molecule has 0 spiro atoms. The molecule has 1 amide bonds. The van der Waals surface area contributed by atoms with Gasteiger partial charge in [-0.25, -0.2) is 0 Å². The zero-order valence-corrected chi connectivity index (χ0v) is 11.6. The number of primary amides is 1. The lowest BCUT2D eigenvalue weighted by atomic mass is 9.96. The highest BCUT2D eigenvalue weighted by Gasteiger charge is 2.44. The van der Waals surface area contributed by atoms with E-state index in [-0.39, 0.29) is 5.91 Å². The van der Waals surface area contributed by atoms with E-state index < -0.39 is 5.54 Å². The molecule has 2 aliphatic rings. The van der Waals surface area contributed by atoms with Crippen molar-refractivity contribution in [3.8, 4) is 0 Å². The maximum atomic E-state index is 11.6. The lowest BCUT2D eigenvalue weighted by molar-refractivity contribution is -0.124. The summed E-state index contributed by atoms with van der Waals surface area (Å²) in [4.78, 5) is 14.2. The summed E-state index contributed by atoms with van der Waals surface area (Å²) in [6, 6.07) is 0.544. The highest BCUT2D eigenvalue weighted by Crippen LogP contribution is 2.33. The minimum absolute atomic E-state index is 0.181. The van der Waals surface area contributed by atoms with Crippen molar-refractivity contribution >= 4 is 5.91 Å². The monoisotopic (exact) mass is 253 g/mol. The van der Waals surface area contributed by atoms with Gasteiger partial charge in [0, 0.05) is 6.04 Å². The van der Waals surface area contributed by atoms with Gasteiger partial charge >= 0.3 is 0 Å². The molecule has 2 fully saturated rings. The molecule has 2 atom stereocenters. The summed E-state index contributed by atoms with van der Waals surface area (Å²) in [5.74, 6) is -0.181. The van der Waals surface area contributed by atoms with E-state index in [1.165, 1.54) is 45.2 Å². The topological polar surface area (TPSA) is 58.4 Å². The van der Waals surface area contributed by atoms with Crippen molar-refractivity contribution in [3.05, 3.63) is 0 Å². The Bertz CT molecular complexity index is 287. The molecule has 1 saturated heterocycles. The third-order valence-electron chi connectivity index (χ3n) is 4.85. The first-order valence-electron chi connectivity index (χ1n) is 7.41. The van der Waals surface area contributed by atoms with E-state index in [9.17, 15) is 4.79 Å². The summed E-state index contributed by atoms with van der Waals surface area (Å²) in [5, 5.41) is 3.17. The van der Waals surface area contributed by atoms with Crippen LogP contribution in [0.25, 0.3) is 0 Å². The van der Waals surface area contributed by atoms with Gasteiger partial charge in [-0.05, 0) is 52.2 Å². The number of likely N-dealkylation sites (tertiary alicyclic amines) is 1. The quantitative estimate of drug-likeness (QED) is 0.796. The van der Waals surface area contributed by atoms with E-state index in [1.54, 1.807) is 0 Å². The highest BCUT2D eigenvalue weighted by molar-refractivity contribution is 5.85. The van der Waals surface area contributed by atoms with Crippen LogP contribution < -0.4 is 11.1 Å². The smallest absolute Gasteiger partial charge is 0.237 e. The van der Waals surface area contributed by atoms with Crippen molar-refractivity contribution in [3.63, 3.8) is 0 Å². The first-order valence-corrected chi connectivity index (χ1v) is 7.41. The predicted molar refractivity (Wildman–Crippen MR) is 73.3 cm³/mol. The van der Waals surface area contributed by atoms with Crippen molar-refractivity contribution in [2.75, 3.05) is 20.1 Å². The molecule has 0 bridgehead atoms. The standard InChI is InChI=1S/C14H27N3O/c1-16-14(13(15)18)8-7-12(11-14)17-9-5-3-2-4-6-10-17/h12,16H,2-11H2,1H3,(H2,15,18). The van der Waals surface area contributed by atoms with Crippen molar-refractivity contribution in [1.82, 2.24) is 10.2 Å². The molecule has 18 heavy (non-hydrogen) atoms. The minimum Gasteiger partial charge on any atom is -0.368 e. The number of rotatable bonds is 3. The van der Waals surface area contributed by atoms with Gasteiger partial charge in [-0.15, -0.1) is 0 Å². The van der Waals surface area contributed by atoms with Crippen LogP contribution in [0.4, 0.5) is 0 Å². The zero-order chi connectivity index (χ0) is 13.0. The van der Waals surface area contributed by atoms with E-state index in [1.807, 2.05) is 7.05 Å². The van der Waals surface area contributed by atoms with Crippen LogP contribution >= 0.6 is 0 Å². The highest BCUT2D eigenvalue weighted by atomic mass is 16.1. The molecule has 0 aromatic rings. The van der Waals surface area contributed by atoms with Gasteiger partial charge in [0.05, 0.1) is 5.54 Å². The van der Waals surface area contributed by atoms with Crippen molar-refractivity contribution in [2.24, 2.45) is 5.73 Å². The number of hydrogen-bond acceptors (Lipinski definition) is 3. The molecular weight excluding hydrogens is 226 g/mol. The van der Waals surface area contributed by atoms with Crippen LogP contribution in [0.2, 0.25) is 0 Å². The molecule has 3 N–H and O–H groups in total. The van der Waals surface area contributed by atoms with Gasteiger partial charge in [0.15, 0.2) is 0 Å². The number of likely N-dealkylation sites (N-methyl/N-ethyl adjacent to an activating group) is 1. The van der Waals surface area contributed by atoms with E-state index >= 15 is 0 Å². The van der Waals surface area contributed by atoms with Gasteiger partial charge in [-0.2, -0.15) is 0 Å². The van der Waals surface area contributed by atoms with E-state index in [0.717, 1.165) is 19.3 Å². The number of nitrogens with one attached hydrogen (secondary N) is 1. The molecule has 2 unspecified atom stereocenters. The number of carbonyl (C=O) groups excluding carboxylic acids is 1. The number of hydrogen-bond donors (Lipinski definition) is 2. The molecule has 0 aromatic carbocycles. The Morgan fingerprint density at radius 3 is 2.33 bits per heavy atom. The largest absolute Gasteiger partial charge is 0.368 e. The fraction of sp³-hybridized carbons (Fsp3) is 0.929. The first-order chi connectivity index (χ1) is 8.68. The fourth-order valence-electron chi connectivity index (χ4n) is 3.54. The second-order valence-electron chi connectivity index (χ2n) is 5.90. The second-order valence-corrected chi connectivity index (χ2v) is 5.90. The molecule has 4 nitrogen and oxygen atoms in total. The molecule has 0 radical (unpaired) electrons. The fourth-order valence-corrected chi connectivity index (χ4v) is 3.54. The van der Waals surface area contributed by atoms with Gasteiger partial charge in [0.1, 0.15) is 0 Å². The predicted octanol–water partition coefficient (Wildman–Crippen LogP) is 1.25. The molecule has 104 valence electrons. The Morgan fingerprint density at radius 1 is 1.22 bits per heavy atom. The number of carbonyl (C=O) groups is 1. The SMILES string of the molecule is CNC1(C(N)=O)CCC(N2CCCCCCC2)C1. The summed E-state index contributed by atoms with van der Waals surface area (Å²) in [6.07, 6.45) is 9.59. The molecule has 1 heterocycles. The average molecular weight is 253 g/mol. The third-order valence-corrected chi connectivity index (χ3v) is 4.85. The Balaban J connectivity index is 1.96. The molecule has 0 aromatic heterocycles. The van der Waals surface area contributed by atoms with Crippen LogP contribution in [0, 0.1) is 0 Å². The summed E-state index contributed by atoms with van der Waals surface area (Å²) < 4.78 is 0. The summed E-state index contributed by atoms with van der Waals surface area (Å²) >= 11 is 0. The second kappa shape index (κ2) is 6.02. The minimum atomic E-state index is -0.451. The van der Waals surface area contributed by atoms with Gasteiger partial charge in [0.2, 0.25) is 5.91 Å². The van der Waals surface area contributed by atoms with Crippen molar-refractivity contribution in [1.29, 1.82) is 0 Å². The molecule has 1 saturated carbocycles. The lowest BCUT2D eigenvalue weighted by Crippen LogP contribution is -2.53. The van der Waals surface area contributed by atoms with Crippen LogP contribution in [0.5, 0.6) is 0 Å². The van der Waals surface area contributed by atoms with Crippen molar-refractivity contribution in [2.45, 2.75) is 62.9 Å².